The summed E-state index contributed by atoms with van der Waals surface area (Å²) in [6, 6.07) is 15.1. The van der Waals surface area contributed by atoms with Crippen LogP contribution in [0, 0.1) is 11.3 Å². The van der Waals surface area contributed by atoms with Gasteiger partial charge >= 0.3 is 12.2 Å². The molecule has 31 heavy (non-hydrogen) atoms. The van der Waals surface area contributed by atoms with E-state index in [1.54, 1.807) is 37.8 Å². The topological polar surface area (TPSA) is 96.6 Å². The minimum Gasteiger partial charge on any atom is -0.445 e. The first kappa shape index (κ1) is 22.2. The molecule has 0 bridgehead atoms. The van der Waals surface area contributed by atoms with Crippen molar-refractivity contribution in [2.45, 2.75) is 51.7 Å². The number of ether oxygens (including phenoxy) is 2. The van der Waals surface area contributed by atoms with Gasteiger partial charge in [-0.15, -0.1) is 0 Å². The number of hydrogen-bond acceptors (Lipinski definition) is 5. The Labute approximate surface area is 182 Å². The second kappa shape index (κ2) is 9.56. The number of carbonyl (C=O) groups is 2. The summed E-state index contributed by atoms with van der Waals surface area (Å²) in [7, 11) is 0. The molecular formula is C23H28N4O4. The Morgan fingerprint density at radius 2 is 1.94 bits per heavy atom. The van der Waals surface area contributed by atoms with Gasteiger partial charge in [0.25, 0.3) is 0 Å². The quantitative estimate of drug-likeness (QED) is 0.787. The van der Waals surface area contributed by atoms with Crippen LogP contribution in [0.4, 0.5) is 9.59 Å². The lowest BCUT2D eigenvalue weighted by Crippen LogP contribution is -2.40. The summed E-state index contributed by atoms with van der Waals surface area (Å²) in [5.74, 6) is -0.0462. The van der Waals surface area contributed by atoms with E-state index >= 15 is 0 Å². The van der Waals surface area contributed by atoms with Gasteiger partial charge in [0.15, 0.2) is 0 Å². The molecule has 1 N–H and O–H groups in total. The van der Waals surface area contributed by atoms with Crippen molar-refractivity contribution in [1.29, 1.82) is 5.26 Å². The number of aromatic nitrogens is 1. The van der Waals surface area contributed by atoms with E-state index in [1.807, 2.05) is 30.3 Å². The van der Waals surface area contributed by atoms with Crippen molar-refractivity contribution in [2.24, 2.45) is 0 Å². The van der Waals surface area contributed by atoms with Crippen molar-refractivity contribution in [3.63, 3.8) is 0 Å². The molecule has 0 spiro atoms. The third kappa shape index (κ3) is 6.01. The van der Waals surface area contributed by atoms with Crippen molar-refractivity contribution >= 4 is 12.2 Å². The number of hydrogen-bond donors (Lipinski definition) is 1. The maximum absolute atomic E-state index is 12.6. The third-order valence-corrected chi connectivity index (χ3v) is 4.93. The number of nitrogens with zero attached hydrogens (tertiary/aromatic N) is 3. The first-order valence-corrected chi connectivity index (χ1v) is 10.3. The lowest BCUT2D eigenvalue weighted by Gasteiger charge is -2.32. The van der Waals surface area contributed by atoms with E-state index in [0.29, 0.717) is 18.8 Å². The van der Waals surface area contributed by atoms with Gasteiger partial charge in [0.05, 0.1) is 0 Å². The maximum atomic E-state index is 12.6. The Hall–Kier alpha value is -3.47. The molecule has 2 aromatic rings. The Kier molecular flexibility index (Phi) is 6.85. The van der Waals surface area contributed by atoms with Gasteiger partial charge < -0.3 is 14.4 Å². The van der Waals surface area contributed by atoms with Crippen LogP contribution in [0.1, 0.15) is 56.5 Å². The van der Waals surface area contributed by atoms with Gasteiger partial charge in [-0.2, -0.15) is 5.26 Å². The molecule has 0 saturated carbocycles. The molecule has 2 amide bonds. The average molecular weight is 425 g/mol. The molecule has 1 saturated heterocycles. The van der Waals surface area contributed by atoms with E-state index in [-0.39, 0.29) is 18.6 Å². The molecule has 1 aliphatic rings. The molecule has 8 heteroatoms. The standard InChI is InChI=1S/C23H28N4O4/c1-23(2,3)31-21(28)25-27-19(14-24)11-12-20(27)18-10-7-13-26(15-18)22(29)30-16-17-8-5-4-6-9-17/h4-6,8-9,11-12,18H,7,10,13,15-16H2,1-3H3,(H,25,28). The van der Waals surface area contributed by atoms with Gasteiger partial charge in [0.1, 0.15) is 24.0 Å². The summed E-state index contributed by atoms with van der Waals surface area (Å²) in [6.07, 6.45) is 0.612. The van der Waals surface area contributed by atoms with Gasteiger partial charge in [-0.25, -0.2) is 19.7 Å². The molecule has 1 atom stereocenters. The fraction of sp³-hybridized carbons (Fsp3) is 0.435. The molecule has 1 fully saturated rings. The van der Waals surface area contributed by atoms with Gasteiger partial charge in [0.2, 0.25) is 0 Å². The molecule has 1 aromatic carbocycles. The predicted octanol–water partition coefficient (Wildman–Crippen LogP) is 4.35. The Balaban J connectivity index is 1.68. The summed E-state index contributed by atoms with van der Waals surface area (Å²) in [4.78, 5) is 26.5. The van der Waals surface area contributed by atoms with E-state index in [2.05, 4.69) is 11.5 Å². The average Bonchev–Trinajstić information content (AvgIpc) is 3.13. The maximum Gasteiger partial charge on any atom is 0.426 e. The van der Waals surface area contributed by atoms with Crippen LogP contribution in [-0.4, -0.2) is 40.5 Å². The van der Waals surface area contributed by atoms with Crippen LogP contribution < -0.4 is 5.43 Å². The van der Waals surface area contributed by atoms with Gasteiger partial charge in [-0.1, -0.05) is 30.3 Å². The molecule has 164 valence electrons. The number of piperidine rings is 1. The Bertz CT molecular complexity index is 956. The van der Waals surface area contributed by atoms with E-state index in [1.165, 1.54) is 4.68 Å². The minimum atomic E-state index is -0.658. The molecule has 0 radical (unpaired) electrons. The highest BCUT2D eigenvalue weighted by Gasteiger charge is 2.29. The van der Waals surface area contributed by atoms with Gasteiger partial charge in [-0.05, 0) is 51.3 Å². The summed E-state index contributed by atoms with van der Waals surface area (Å²) >= 11 is 0. The number of likely N-dealkylation sites (tertiary alicyclic amines) is 1. The van der Waals surface area contributed by atoms with E-state index < -0.39 is 11.7 Å². The first-order valence-electron chi connectivity index (χ1n) is 10.3. The molecule has 8 nitrogen and oxygen atoms in total. The lowest BCUT2D eigenvalue weighted by molar-refractivity contribution is 0.0609. The molecule has 0 aliphatic carbocycles. The van der Waals surface area contributed by atoms with Crippen LogP contribution in [0.5, 0.6) is 0 Å². The van der Waals surface area contributed by atoms with E-state index in [0.717, 1.165) is 24.1 Å². The van der Waals surface area contributed by atoms with Gasteiger partial charge in [0, 0.05) is 24.7 Å². The molecule has 1 aliphatic heterocycles. The number of nitrogens with one attached hydrogen (secondary N) is 1. The fourth-order valence-corrected chi connectivity index (χ4v) is 3.57. The van der Waals surface area contributed by atoms with Crippen molar-refractivity contribution in [3.8, 4) is 6.07 Å². The first-order chi connectivity index (χ1) is 14.8. The number of nitriles is 1. The number of carbonyl (C=O) groups excluding carboxylic acids is 2. The predicted molar refractivity (Wildman–Crippen MR) is 115 cm³/mol. The van der Waals surface area contributed by atoms with Crippen molar-refractivity contribution < 1.29 is 19.1 Å². The van der Waals surface area contributed by atoms with Gasteiger partial charge in [-0.3, -0.25) is 0 Å². The number of amides is 2. The number of rotatable bonds is 4. The zero-order chi connectivity index (χ0) is 22.4. The van der Waals surface area contributed by atoms with Crippen LogP contribution in [0.15, 0.2) is 42.5 Å². The van der Waals surface area contributed by atoms with Crippen LogP contribution in [0.2, 0.25) is 0 Å². The zero-order valence-electron chi connectivity index (χ0n) is 18.1. The second-order valence-corrected chi connectivity index (χ2v) is 8.53. The van der Waals surface area contributed by atoms with Crippen LogP contribution in [0.25, 0.3) is 0 Å². The summed E-state index contributed by atoms with van der Waals surface area (Å²) in [5, 5.41) is 9.45. The normalized spacial score (nSPS) is 16.3. The minimum absolute atomic E-state index is 0.0462. The summed E-state index contributed by atoms with van der Waals surface area (Å²) in [5.41, 5.74) is 3.97. The Morgan fingerprint density at radius 1 is 1.19 bits per heavy atom. The van der Waals surface area contributed by atoms with Crippen LogP contribution >= 0.6 is 0 Å². The second-order valence-electron chi connectivity index (χ2n) is 8.53. The molecule has 3 rings (SSSR count). The van der Waals surface area contributed by atoms with Crippen LogP contribution in [-0.2, 0) is 16.1 Å². The zero-order valence-corrected chi connectivity index (χ0v) is 18.1. The highest BCUT2D eigenvalue weighted by molar-refractivity contribution is 5.76. The van der Waals surface area contributed by atoms with Crippen LogP contribution in [0.3, 0.4) is 0 Å². The number of benzene rings is 1. The summed E-state index contributed by atoms with van der Waals surface area (Å²) < 4.78 is 12.2. The smallest absolute Gasteiger partial charge is 0.426 e. The summed E-state index contributed by atoms with van der Waals surface area (Å²) in [6.45, 7) is 6.58. The monoisotopic (exact) mass is 424 g/mol. The highest BCUT2D eigenvalue weighted by Crippen LogP contribution is 2.28. The lowest BCUT2D eigenvalue weighted by atomic mass is 9.95. The van der Waals surface area contributed by atoms with E-state index in [9.17, 15) is 14.9 Å². The van der Waals surface area contributed by atoms with Crippen molar-refractivity contribution in [3.05, 3.63) is 59.4 Å². The molecule has 1 aromatic heterocycles. The highest BCUT2D eigenvalue weighted by atomic mass is 16.6. The fourth-order valence-electron chi connectivity index (χ4n) is 3.57. The Morgan fingerprint density at radius 3 is 2.61 bits per heavy atom. The largest absolute Gasteiger partial charge is 0.445 e. The molecular weight excluding hydrogens is 396 g/mol. The van der Waals surface area contributed by atoms with Crippen molar-refractivity contribution in [2.75, 3.05) is 18.5 Å². The van der Waals surface area contributed by atoms with E-state index in [4.69, 9.17) is 9.47 Å². The third-order valence-electron chi connectivity index (χ3n) is 4.93. The molecule has 2 heterocycles. The van der Waals surface area contributed by atoms with Crippen molar-refractivity contribution in [1.82, 2.24) is 9.58 Å². The SMILES string of the molecule is CC(C)(C)OC(=O)Nn1c(C#N)ccc1C1CCCN(C(=O)OCc2ccccc2)C1. The molecule has 1 unspecified atom stereocenters.